The number of aromatic nitrogens is 3. The van der Waals surface area contributed by atoms with Crippen LogP contribution in [0.1, 0.15) is 38.9 Å². The van der Waals surface area contributed by atoms with Gasteiger partial charge < -0.3 is 5.32 Å². The number of para-hydroxylation sites is 1. The second kappa shape index (κ2) is 5.53. The number of nitrogens with zero attached hydrogens (tertiary/aromatic N) is 3. The molecule has 0 spiro atoms. The Hall–Kier alpha value is -1.68. The second-order valence-corrected chi connectivity index (χ2v) is 5.47. The van der Waals surface area contributed by atoms with Crippen LogP contribution in [0.25, 0.3) is 5.69 Å². The highest BCUT2D eigenvalue weighted by molar-refractivity contribution is 5.32. The van der Waals surface area contributed by atoms with Gasteiger partial charge >= 0.3 is 0 Å². The average Bonchev–Trinajstić information content (AvgIpc) is 2.89. The first kappa shape index (κ1) is 13.7. The molecule has 0 saturated carbocycles. The van der Waals surface area contributed by atoms with Gasteiger partial charge in [0.25, 0.3) is 0 Å². The predicted molar refractivity (Wildman–Crippen MR) is 77.2 cm³/mol. The molecule has 4 nitrogen and oxygen atoms in total. The Balaban J connectivity index is 2.44. The van der Waals surface area contributed by atoms with E-state index in [1.807, 2.05) is 48.3 Å². The van der Waals surface area contributed by atoms with Gasteiger partial charge in [0.05, 0.1) is 23.6 Å². The third-order valence-corrected chi connectivity index (χ3v) is 3.85. The van der Waals surface area contributed by atoms with Crippen molar-refractivity contribution in [3.63, 3.8) is 0 Å². The Morgan fingerprint density at radius 3 is 2.53 bits per heavy atom. The molecule has 0 aliphatic heterocycles. The number of benzene rings is 1. The molecule has 1 unspecified atom stereocenters. The van der Waals surface area contributed by atoms with Crippen LogP contribution in [-0.2, 0) is 0 Å². The fraction of sp³-hybridized carbons (Fsp3) is 0.467. The monoisotopic (exact) mass is 258 g/mol. The molecule has 1 N–H and O–H groups in total. The summed E-state index contributed by atoms with van der Waals surface area (Å²) in [4.78, 5) is 0. The Bertz CT molecular complexity index is 516. The van der Waals surface area contributed by atoms with Crippen molar-refractivity contribution in [2.24, 2.45) is 5.41 Å². The van der Waals surface area contributed by atoms with E-state index in [9.17, 15) is 0 Å². The fourth-order valence-corrected chi connectivity index (χ4v) is 2.35. The molecule has 0 fully saturated rings. The van der Waals surface area contributed by atoms with E-state index >= 15 is 0 Å². The predicted octanol–water partition coefficient (Wildman–Crippen LogP) is 2.96. The van der Waals surface area contributed by atoms with Gasteiger partial charge in [-0.25, -0.2) is 4.68 Å². The van der Waals surface area contributed by atoms with Gasteiger partial charge in [-0.05, 0) is 31.0 Å². The van der Waals surface area contributed by atoms with Gasteiger partial charge in [0.2, 0.25) is 0 Å². The van der Waals surface area contributed by atoms with Crippen LogP contribution in [0.4, 0.5) is 0 Å². The van der Waals surface area contributed by atoms with Crippen molar-refractivity contribution >= 4 is 0 Å². The van der Waals surface area contributed by atoms with E-state index in [1.165, 1.54) is 0 Å². The molecule has 1 aromatic heterocycles. The standard InChI is InChI=1S/C15H22N4/c1-5-15(2,3)14(16-4)13-11-17-18-19(13)12-9-7-6-8-10-12/h6-11,14,16H,5H2,1-4H3. The lowest BCUT2D eigenvalue weighted by Crippen LogP contribution is -2.33. The molecule has 1 atom stereocenters. The quantitative estimate of drug-likeness (QED) is 0.896. The molecule has 2 rings (SSSR count). The molecule has 0 aliphatic carbocycles. The van der Waals surface area contributed by atoms with Crippen molar-refractivity contribution in [3.05, 3.63) is 42.2 Å². The molecule has 0 bridgehead atoms. The summed E-state index contributed by atoms with van der Waals surface area (Å²) in [6.07, 6.45) is 2.93. The fourth-order valence-electron chi connectivity index (χ4n) is 2.35. The third-order valence-electron chi connectivity index (χ3n) is 3.85. The maximum absolute atomic E-state index is 4.23. The van der Waals surface area contributed by atoms with Gasteiger partial charge in [0, 0.05) is 0 Å². The molecular weight excluding hydrogens is 236 g/mol. The lowest BCUT2D eigenvalue weighted by atomic mass is 9.80. The molecular formula is C15H22N4. The third kappa shape index (κ3) is 2.68. The summed E-state index contributed by atoms with van der Waals surface area (Å²) < 4.78 is 1.92. The van der Waals surface area contributed by atoms with Crippen molar-refractivity contribution in [3.8, 4) is 5.69 Å². The van der Waals surface area contributed by atoms with Crippen LogP contribution in [0.3, 0.4) is 0 Å². The highest BCUT2D eigenvalue weighted by Crippen LogP contribution is 2.36. The highest BCUT2D eigenvalue weighted by atomic mass is 15.4. The highest BCUT2D eigenvalue weighted by Gasteiger charge is 2.31. The minimum Gasteiger partial charge on any atom is -0.311 e. The largest absolute Gasteiger partial charge is 0.311 e. The molecule has 4 heteroatoms. The van der Waals surface area contributed by atoms with Gasteiger partial charge in [0.1, 0.15) is 0 Å². The van der Waals surface area contributed by atoms with Gasteiger partial charge in [-0.3, -0.25) is 0 Å². The number of rotatable bonds is 5. The number of hydrogen-bond acceptors (Lipinski definition) is 3. The molecule has 1 aromatic carbocycles. The molecule has 0 aliphatic rings. The Kier molecular flexibility index (Phi) is 4.00. The van der Waals surface area contributed by atoms with E-state index in [2.05, 4.69) is 36.4 Å². The Labute approximate surface area is 114 Å². The smallest absolute Gasteiger partial charge is 0.0820 e. The van der Waals surface area contributed by atoms with Crippen molar-refractivity contribution in [2.75, 3.05) is 7.05 Å². The first-order chi connectivity index (χ1) is 9.10. The summed E-state index contributed by atoms with van der Waals surface area (Å²) >= 11 is 0. The summed E-state index contributed by atoms with van der Waals surface area (Å²) in [5.74, 6) is 0. The zero-order valence-corrected chi connectivity index (χ0v) is 12.1. The van der Waals surface area contributed by atoms with Crippen molar-refractivity contribution in [2.45, 2.75) is 33.2 Å². The van der Waals surface area contributed by atoms with Crippen LogP contribution in [-0.4, -0.2) is 22.0 Å². The second-order valence-electron chi connectivity index (χ2n) is 5.47. The van der Waals surface area contributed by atoms with Crippen LogP contribution in [0.2, 0.25) is 0 Å². The van der Waals surface area contributed by atoms with E-state index < -0.39 is 0 Å². The lowest BCUT2D eigenvalue weighted by molar-refractivity contribution is 0.238. The molecule has 0 saturated heterocycles. The zero-order chi connectivity index (χ0) is 13.9. The summed E-state index contributed by atoms with van der Waals surface area (Å²) in [7, 11) is 1.99. The first-order valence-corrected chi connectivity index (χ1v) is 6.73. The summed E-state index contributed by atoms with van der Waals surface area (Å²) in [6, 6.07) is 10.3. The summed E-state index contributed by atoms with van der Waals surface area (Å²) in [5.41, 5.74) is 2.28. The van der Waals surface area contributed by atoms with Crippen LogP contribution in [0.15, 0.2) is 36.5 Å². The molecule has 1 heterocycles. The van der Waals surface area contributed by atoms with Crippen LogP contribution in [0, 0.1) is 5.41 Å². The van der Waals surface area contributed by atoms with E-state index in [4.69, 9.17) is 0 Å². The van der Waals surface area contributed by atoms with Crippen LogP contribution >= 0.6 is 0 Å². The zero-order valence-electron chi connectivity index (χ0n) is 12.1. The summed E-state index contributed by atoms with van der Waals surface area (Å²) in [5, 5.41) is 11.7. The number of hydrogen-bond donors (Lipinski definition) is 1. The van der Waals surface area contributed by atoms with E-state index in [-0.39, 0.29) is 11.5 Å². The molecule has 0 radical (unpaired) electrons. The van der Waals surface area contributed by atoms with Gasteiger partial charge in [0.15, 0.2) is 0 Å². The maximum Gasteiger partial charge on any atom is 0.0820 e. The lowest BCUT2D eigenvalue weighted by Gasteiger charge is -2.33. The topological polar surface area (TPSA) is 42.7 Å². The van der Waals surface area contributed by atoms with Gasteiger partial charge in [-0.15, -0.1) is 5.10 Å². The van der Waals surface area contributed by atoms with Crippen molar-refractivity contribution < 1.29 is 0 Å². The van der Waals surface area contributed by atoms with Crippen LogP contribution < -0.4 is 5.32 Å². The van der Waals surface area contributed by atoms with Crippen LogP contribution in [0.5, 0.6) is 0 Å². The number of nitrogens with one attached hydrogen (secondary N) is 1. The van der Waals surface area contributed by atoms with E-state index in [0.29, 0.717) is 0 Å². The van der Waals surface area contributed by atoms with E-state index in [1.54, 1.807) is 0 Å². The Morgan fingerprint density at radius 2 is 1.95 bits per heavy atom. The van der Waals surface area contributed by atoms with Gasteiger partial charge in [-0.1, -0.05) is 44.2 Å². The Morgan fingerprint density at radius 1 is 1.26 bits per heavy atom. The molecule has 19 heavy (non-hydrogen) atoms. The van der Waals surface area contributed by atoms with E-state index in [0.717, 1.165) is 17.8 Å². The summed E-state index contributed by atoms with van der Waals surface area (Å²) in [6.45, 7) is 6.73. The first-order valence-electron chi connectivity index (χ1n) is 6.73. The normalized spacial score (nSPS) is 13.5. The minimum atomic E-state index is 0.142. The van der Waals surface area contributed by atoms with Crippen molar-refractivity contribution in [1.29, 1.82) is 0 Å². The molecule has 2 aromatic rings. The maximum atomic E-state index is 4.23. The molecule has 102 valence electrons. The van der Waals surface area contributed by atoms with Gasteiger partial charge in [-0.2, -0.15) is 0 Å². The minimum absolute atomic E-state index is 0.142. The molecule has 0 amide bonds. The average molecular weight is 258 g/mol. The SMILES string of the molecule is CCC(C)(C)C(NC)c1cnnn1-c1ccccc1. The van der Waals surface area contributed by atoms with Crippen molar-refractivity contribution in [1.82, 2.24) is 20.3 Å².